The first-order valence-electron chi connectivity index (χ1n) is 9.14. The summed E-state index contributed by atoms with van der Waals surface area (Å²) in [5.74, 6) is -0.719. The lowest BCUT2D eigenvalue weighted by atomic mass is 10.1. The van der Waals surface area contributed by atoms with Crippen LogP contribution in [-0.4, -0.2) is 30.3 Å². The van der Waals surface area contributed by atoms with Crippen molar-refractivity contribution in [2.24, 2.45) is 0 Å². The van der Waals surface area contributed by atoms with Gasteiger partial charge in [-0.3, -0.25) is 24.4 Å². The maximum atomic E-state index is 12.5. The summed E-state index contributed by atoms with van der Waals surface area (Å²) in [6, 6.07) is 8.89. The first-order chi connectivity index (χ1) is 14.2. The Bertz CT molecular complexity index is 1230. The van der Waals surface area contributed by atoms with E-state index in [1.165, 1.54) is 41.5 Å². The molecule has 2 aromatic carbocycles. The van der Waals surface area contributed by atoms with Gasteiger partial charge in [-0.25, -0.2) is 4.98 Å². The Kier molecular flexibility index (Phi) is 5.26. The van der Waals surface area contributed by atoms with Gasteiger partial charge in [0.2, 0.25) is 0 Å². The standard InChI is InChI=1S/C19H17N3O6S2/c1-11(28-30(26,27)17-8-3-2-7-15(17)22(24)25)18(23)21-19-20-14-9-12-5-4-6-13(12)10-16(14)29-19/h2-3,7-11H,4-6H2,1H3,(H,20,21,23)/t11-/m0/s1. The largest absolute Gasteiger partial charge is 0.304 e. The number of nitrogens with zero attached hydrogens (tertiary/aromatic N) is 2. The third-order valence-electron chi connectivity index (χ3n) is 4.80. The van der Waals surface area contributed by atoms with Crippen LogP contribution in [0.3, 0.4) is 0 Å². The van der Waals surface area contributed by atoms with Crippen LogP contribution in [0.2, 0.25) is 0 Å². The molecule has 4 rings (SSSR count). The Hall–Kier alpha value is -2.89. The van der Waals surface area contributed by atoms with Gasteiger partial charge in [0, 0.05) is 6.07 Å². The molecule has 9 nitrogen and oxygen atoms in total. The van der Waals surface area contributed by atoms with E-state index in [-0.39, 0.29) is 0 Å². The maximum Gasteiger partial charge on any atom is 0.304 e. The molecule has 0 bridgehead atoms. The summed E-state index contributed by atoms with van der Waals surface area (Å²) in [7, 11) is -4.52. The number of para-hydroxylation sites is 1. The van der Waals surface area contributed by atoms with Crippen molar-refractivity contribution in [1.29, 1.82) is 0 Å². The number of nitrogens with one attached hydrogen (secondary N) is 1. The topological polar surface area (TPSA) is 128 Å². The molecule has 30 heavy (non-hydrogen) atoms. The van der Waals surface area contributed by atoms with E-state index >= 15 is 0 Å². The van der Waals surface area contributed by atoms with Crippen molar-refractivity contribution in [3.8, 4) is 0 Å². The molecule has 1 aliphatic carbocycles. The molecule has 1 atom stereocenters. The van der Waals surface area contributed by atoms with Gasteiger partial charge < -0.3 is 0 Å². The zero-order valence-corrected chi connectivity index (χ0v) is 17.5. The number of thiazole rings is 1. The molecule has 1 aromatic heterocycles. The van der Waals surface area contributed by atoms with Gasteiger partial charge in [-0.2, -0.15) is 8.42 Å². The van der Waals surface area contributed by atoms with Gasteiger partial charge in [0.15, 0.2) is 16.1 Å². The third-order valence-corrected chi connectivity index (χ3v) is 7.16. The summed E-state index contributed by atoms with van der Waals surface area (Å²) in [6.45, 7) is 1.25. The number of hydrogen-bond acceptors (Lipinski definition) is 8. The Labute approximate surface area is 176 Å². The number of anilines is 1. The van der Waals surface area contributed by atoms with Gasteiger partial charge in [-0.1, -0.05) is 23.5 Å². The molecule has 11 heteroatoms. The second kappa shape index (κ2) is 7.74. The van der Waals surface area contributed by atoms with Crippen molar-refractivity contribution < 1.29 is 22.3 Å². The number of nitro benzene ring substituents is 1. The monoisotopic (exact) mass is 447 g/mol. The fourth-order valence-electron chi connectivity index (χ4n) is 3.36. The third kappa shape index (κ3) is 3.91. The highest BCUT2D eigenvalue weighted by Crippen LogP contribution is 2.32. The van der Waals surface area contributed by atoms with Crippen LogP contribution in [0, 0.1) is 10.1 Å². The van der Waals surface area contributed by atoms with Crippen molar-refractivity contribution >= 4 is 48.4 Å². The van der Waals surface area contributed by atoms with E-state index < -0.39 is 37.6 Å². The molecule has 0 aliphatic heterocycles. The number of amides is 1. The van der Waals surface area contributed by atoms with Crippen LogP contribution >= 0.6 is 11.3 Å². The van der Waals surface area contributed by atoms with Crippen molar-refractivity contribution in [2.75, 3.05) is 5.32 Å². The van der Waals surface area contributed by atoms with Crippen LogP contribution in [0.1, 0.15) is 24.5 Å². The van der Waals surface area contributed by atoms with E-state index in [0.717, 1.165) is 41.6 Å². The quantitative estimate of drug-likeness (QED) is 0.348. The minimum atomic E-state index is -4.52. The molecule has 1 N–H and O–H groups in total. The number of aromatic nitrogens is 1. The smallest absolute Gasteiger partial charge is 0.300 e. The molecule has 1 heterocycles. The number of aryl methyl sites for hydroxylation is 2. The molecule has 0 spiro atoms. The fourth-order valence-corrected chi connectivity index (χ4v) is 5.49. The lowest BCUT2D eigenvalue weighted by molar-refractivity contribution is -0.387. The Morgan fingerprint density at radius 1 is 1.27 bits per heavy atom. The number of rotatable bonds is 6. The highest BCUT2D eigenvalue weighted by Gasteiger charge is 2.30. The summed E-state index contributed by atoms with van der Waals surface area (Å²) in [5.41, 5.74) is 2.70. The summed E-state index contributed by atoms with van der Waals surface area (Å²) >= 11 is 1.29. The van der Waals surface area contributed by atoms with Crippen LogP contribution in [0.25, 0.3) is 10.2 Å². The van der Waals surface area contributed by atoms with Crippen molar-refractivity contribution in [3.63, 3.8) is 0 Å². The van der Waals surface area contributed by atoms with E-state index in [9.17, 15) is 23.3 Å². The van der Waals surface area contributed by atoms with E-state index in [1.807, 2.05) is 6.07 Å². The number of fused-ring (bicyclic) bond motifs is 2. The number of benzene rings is 2. The minimum Gasteiger partial charge on any atom is -0.300 e. The normalized spacial score (nSPS) is 14.4. The molecule has 3 aromatic rings. The van der Waals surface area contributed by atoms with E-state index in [2.05, 4.69) is 16.4 Å². The molecule has 0 fully saturated rings. The van der Waals surface area contributed by atoms with Crippen LogP contribution in [0.15, 0.2) is 41.3 Å². The second-order valence-corrected chi connectivity index (χ2v) is 9.44. The fraction of sp³-hybridized carbons (Fsp3) is 0.263. The number of carbonyl (C=O) groups excluding carboxylic acids is 1. The van der Waals surface area contributed by atoms with Crippen LogP contribution in [0.4, 0.5) is 10.8 Å². The predicted molar refractivity (Wildman–Crippen MR) is 111 cm³/mol. The summed E-state index contributed by atoms with van der Waals surface area (Å²) < 4.78 is 30.8. The van der Waals surface area contributed by atoms with Gasteiger partial charge >= 0.3 is 10.1 Å². The zero-order valence-electron chi connectivity index (χ0n) is 15.8. The van der Waals surface area contributed by atoms with E-state index in [0.29, 0.717) is 5.13 Å². The van der Waals surface area contributed by atoms with Crippen molar-refractivity contribution in [3.05, 3.63) is 57.6 Å². The Balaban J connectivity index is 1.50. The molecular weight excluding hydrogens is 430 g/mol. The van der Waals surface area contributed by atoms with Gasteiger partial charge in [0.25, 0.3) is 11.6 Å². The molecule has 156 valence electrons. The van der Waals surface area contributed by atoms with E-state index in [4.69, 9.17) is 4.18 Å². The lowest BCUT2D eigenvalue weighted by Crippen LogP contribution is -2.30. The van der Waals surface area contributed by atoms with Gasteiger partial charge in [0.05, 0.1) is 15.1 Å². The summed E-state index contributed by atoms with van der Waals surface area (Å²) in [6.07, 6.45) is 1.75. The molecule has 1 aliphatic rings. The van der Waals surface area contributed by atoms with Crippen LogP contribution in [-0.2, 0) is 31.9 Å². The second-order valence-electron chi connectivity index (χ2n) is 6.87. The predicted octanol–water partition coefficient (Wildman–Crippen LogP) is 3.43. The Morgan fingerprint density at radius 3 is 2.70 bits per heavy atom. The number of hydrogen-bond donors (Lipinski definition) is 1. The molecule has 0 saturated heterocycles. The molecule has 0 unspecified atom stereocenters. The van der Waals surface area contributed by atoms with Gasteiger partial charge in [0.1, 0.15) is 0 Å². The van der Waals surface area contributed by atoms with Crippen LogP contribution in [0.5, 0.6) is 0 Å². The highest BCUT2D eigenvalue weighted by molar-refractivity contribution is 7.87. The molecule has 1 amide bonds. The Morgan fingerprint density at radius 2 is 1.97 bits per heavy atom. The summed E-state index contributed by atoms with van der Waals surface area (Å²) in [4.78, 5) is 26.5. The van der Waals surface area contributed by atoms with Crippen LogP contribution < -0.4 is 5.32 Å². The average molecular weight is 447 g/mol. The SMILES string of the molecule is C[C@H](OS(=O)(=O)c1ccccc1[N+](=O)[O-])C(=O)Nc1nc2cc3c(cc2s1)CCC3. The zero-order chi connectivity index (χ0) is 21.5. The molecule has 0 saturated carbocycles. The average Bonchev–Trinajstić information content (AvgIpc) is 3.30. The van der Waals surface area contributed by atoms with Gasteiger partial charge in [-0.15, -0.1) is 0 Å². The maximum absolute atomic E-state index is 12.5. The molecular formula is C19H17N3O6S2. The van der Waals surface area contributed by atoms with Crippen molar-refractivity contribution in [2.45, 2.75) is 37.2 Å². The molecule has 0 radical (unpaired) electrons. The number of nitro groups is 1. The minimum absolute atomic E-state index is 0.331. The van der Waals surface area contributed by atoms with Crippen molar-refractivity contribution in [1.82, 2.24) is 4.98 Å². The summed E-state index contributed by atoms with van der Waals surface area (Å²) in [5, 5.41) is 14.0. The first-order valence-corrected chi connectivity index (χ1v) is 11.4. The number of carbonyl (C=O) groups is 1. The van der Waals surface area contributed by atoms with Gasteiger partial charge in [-0.05, 0) is 55.5 Å². The first kappa shape index (κ1) is 20.4. The lowest BCUT2D eigenvalue weighted by Gasteiger charge is -2.12. The van der Waals surface area contributed by atoms with E-state index in [1.54, 1.807) is 0 Å². The highest BCUT2D eigenvalue weighted by atomic mass is 32.2.